The van der Waals surface area contributed by atoms with E-state index in [4.69, 9.17) is 0 Å². The molecule has 0 spiro atoms. The van der Waals surface area contributed by atoms with Crippen LogP contribution in [0.1, 0.15) is 30.0 Å². The minimum absolute atomic E-state index is 0.206. The molecule has 1 amide bonds. The Hall–Kier alpha value is -2.32. The van der Waals surface area contributed by atoms with Crippen molar-refractivity contribution in [1.82, 2.24) is 10.0 Å². The van der Waals surface area contributed by atoms with Crippen LogP contribution >= 0.6 is 0 Å². The molecule has 2 aromatic carbocycles. The Kier molecular flexibility index (Phi) is 5.33. The molecule has 2 N–H and O–H groups in total. The van der Waals surface area contributed by atoms with Gasteiger partial charge in [-0.05, 0) is 42.5 Å². The van der Waals surface area contributed by atoms with E-state index in [0.29, 0.717) is 0 Å². The van der Waals surface area contributed by atoms with Crippen molar-refractivity contribution in [2.75, 3.05) is 6.54 Å². The smallest absolute Gasteiger partial charge is 0.246 e. The van der Waals surface area contributed by atoms with E-state index in [1.807, 2.05) is 29.0 Å². The number of hydrogen-bond donors (Lipinski definition) is 2. The molecule has 0 fully saturated rings. The topological polar surface area (TPSA) is 75.3 Å². The fraction of sp³-hybridized carbons (Fsp3) is 0.278. The third-order valence-electron chi connectivity index (χ3n) is 4.32. The third kappa shape index (κ3) is 3.91. The molecule has 1 atom stereocenters. The first-order valence-corrected chi connectivity index (χ1v) is 9.67. The van der Waals surface area contributed by atoms with Crippen molar-refractivity contribution in [3.05, 3.63) is 65.2 Å². The zero-order chi connectivity index (χ0) is 18.7. The van der Waals surface area contributed by atoms with E-state index >= 15 is 0 Å². The van der Waals surface area contributed by atoms with Crippen LogP contribution in [0.3, 0.4) is 0 Å². The quantitative estimate of drug-likeness (QED) is 0.837. The number of benzene rings is 2. The summed E-state index contributed by atoms with van der Waals surface area (Å²) in [6, 6.07) is 10.3. The first-order chi connectivity index (χ1) is 12.4. The molecule has 1 unspecified atom stereocenters. The molecule has 5 nitrogen and oxygen atoms in total. The van der Waals surface area contributed by atoms with Crippen LogP contribution in [0, 0.1) is 11.6 Å². The average Bonchev–Trinajstić information content (AvgIpc) is 2.60. The molecule has 8 heteroatoms. The SMILES string of the molecule is O=C(CNS(=O)(=O)c1c(F)cccc1F)NC1CCCc2ccccc21. The highest BCUT2D eigenvalue weighted by Crippen LogP contribution is 2.29. The summed E-state index contributed by atoms with van der Waals surface area (Å²) in [5.41, 5.74) is 2.16. The van der Waals surface area contributed by atoms with Crippen molar-refractivity contribution >= 4 is 15.9 Å². The van der Waals surface area contributed by atoms with Gasteiger partial charge in [0.15, 0.2) is 4.90 Å². The van der Waals surface area contributed by atoms with Crippen molar-refractivity contribution in [2.45, 2.75) is 30.2 Å². The van der Waals surface area contributed by atoms with Gasteiger partial charge in [-0.25, -0.2) is 21.9 Å². The number of nitrogens with one attached hydrogen (secondary N) is 2. The summed E-state index contributed by atoms with van der Waals surface area (Å²) in [5.74, 6) is -2.98. The molecule has 0 aliphatic heterocycles. The van der Waals surface area contributed by atoms with Gasteiger partial charge in [0.2, 0.25) is 15.9 Å². The minimum atomic E-state index is -4.48. The van der Waals surface area contributed by atoms with E-state index < -0.39 is 39.0 Å². The lowest BCUT2D eigenvalue weighted by Crippen LogP contribution is -2.39. The number of sulfonamides is 1. The number of aryl methyl sites for hydroxylation is 1. The van der Waals surface area contributed by atoms with Crippen molar-refractivity contribution in [2.24, 2.45) is 0 Å². The van der Waals surface area contributed by atoms with Gasteiger partial charge in [0.25, 0.3) is 0 Å². The fourth-order valence-corrected chi connectivity index (χ4v) is 4.24. The molecule has 1 aliphatic rings. The van der Waals surface area contributed by atoms with Crippen LogP contribution in [0.2, 0.25) is 0 Å². The lowest BCUT2D eigenvalue weighted by Gasteiger charge is -2.26. The van der Waals surface area contributed by atoms with Crippen LogP contribution in [-0.4, -0.2) is 20.9 Å². The molecule has 0 aromatic heterocycles. The molecule has 3 rings (SSSR count). The summed E-state index contributed by atoms with van der Waals surface area (Å²) in [5, 5.41) is 2.77. The Morgan fingerprint density at radius 1 is 1.08 bits per heavy atom. The maximum absolute atomic E-state index is 13.6. The van der Waals surface area contributed by atoms with E-state index in [2.05, 4.69) is 5.32 Å². The van der Waals surface area contributed by atoms with Gasteiger partial charge in [-0.3, -0.25) is 4.79 Å². The van der Waals surface area contributed by atoms with E-state index in [9.17, 15) is 22.0 Å². The van der Waals surface area contributed by atoms with Gasteiger partial charge in [-0.2, -0.15) is 0 Å². The maximum Gasteiger partial charge on any atom is 0.246 e. The molecular formula is C18H18F2N2O3S. The Morgan fingerprint density at radius 3 is 2.50 bits per heavy atom. The predicted molar refractivity (Wildman–Crippen MR) is 91.8 cm³/mol. The number of hydrogen-bond acceptors (Lipinski definition) is 3. The molecule has 2 aromatic rings. The summed E-state index contributed by atoms with van der Waals surface area (Å²) in [7, 11) is -4.48. The van der Waals surface area contributed by atoms with Crippen LogP contribution in [0.5, 0.6) is 0 Å². The Balaban J connectivity index is 1.67. The summed E-state index contributed by atoms with van der Waals surface area (Å²) < 4.78 is 53.4. The monoisotopic (exact) mass is 380 g/mol. The van der Waals surface area contributed by atoms with Crippen LogP contribution in [-0.2, 0) is 21.2 Å². The Morgan fingerprint density at radius 2 is 1.77 bits per heavy atom. The summed E-state index contributed by atoms with van der Waals surface area (Å²) in [6.07, 6.45) is 2.59. The summed E-state index contributed by atoms with van der Waals surface area (Å²) in [6.45, 7) is -0.602. The molecule has 0 radical (unpaired) electrons. The maximum atomic E-state index is 13.6. The van der Waals surface area contributed by atoms with E-state index in [0.717, 1.165) is 48.6 Å². The zero-order valence-electron chi connectivity index (χ0n) is 13.8. The second-order valence-corrected chi connectivity index (χ2v) is 7.79. The average molecular weight is 380 g/mol. The summed E-state index contributed by atoms with van der Waals surface area (Å²) >= 11 is 0. The highest BCUT2D eigenvalue weighted by Gasteiger charge is 2.26. The van der Waals surface area contributed by atoms with E-state index in [-0.39, 0.29) is 6.04 Å². The number of amides is 1. The standard InChI is InChI=1S/C18H18F2N2O3S/c19-14-8-4-9-15(20)18(14)26(24,25)21-11-17(23)22-16-10-3-6-12-5-1-2-7-13(12)16/h1-2,4-5,7-9,16,21H,3,6,10-11H2,(H,22,23). The van der Waals surface area contributed by atoms with E-state index in [1.165, 1.54) is 0 Å². The Bertz CT molecular complexity index is 912. The van der Waals surface area contributed by atoms with Gasteiger partial charge < -0.3 is 5.32 Å². The lowest BCUT2D eigenvalue weighted by atomic mass is 9.88. The normalized spacial score (nSPS) is 16.8. The predicted octanol–water partition coefficient (Wildman–Crippen LogP) is 2.44. The molecule has 0 heterocycles. The fourth-order valence-electron chi connectivity index (χ4n) is 3.12. The highest BCUT2D eigenvalue weighted by molar-refractivity contribution is 7.89. The highest BCUT2D eigenvalue weighted by atomic mass is 32.2. The van der Waals surface area contributed by atoms with Crippen molar-refractivity contribution < 1.29 is 22.0 Å². The zero-order valence-corrected chi connectivity index (χ0v) is 14.7. The molecular weight excluding hydrogens is 362 g/mol. The van der Waals surface area contributed by atoms with Crippen LogP contribution in [0.4, 0.5) is 8.78 Å². The number of fused-ring (bicyclic) bond motifs is 1. The molecule has 1 aliphatic carbocycles. The van der Waals surface area contributed by atoms with Gasteiger partial charge in [-0.15, -0.1) is 0 Å². The molecule has 0 bridgehead atoms. The first kappa shape index (κ1) is 18.5. The number of carbonyl (C=O) groups is 1. The van der Waals surface area contributed by atoms with Gasteiger partial charge in [0.1, 0.15) is 11.6 Å². The van der Waals surface area contributed by atoms with Gasteiger partial charge in [-0.1, -0.05) is 30.3 Å². The van der Waals surface area contributed by atoms with Crippen LogP contribution in [0.25, 0.3) is 0 Å². The second-order valence-electron chi connectivity index (χ2n) is 6.09. The second kappa shape index (κ2) is 7.51. The van der Waals surface area contributed by atoms with Crippen molar-refractivity contribution in [3.63, 3.8) is 0 Å². The number of halogens is 2. The largest absolute Gasteiger partial charge is 0.348 e. The lowest BCUT2D eigenvalue weighted by molar-refractivity contribution is -0.120. The molecule has 138 valence electrons. The minimum Gasteiger partial charge on any atom is -0.348 e. The number of carbonyl (C=O) groups excluding carboxylic acids is 1. The third-order valence-corrected chi connectivity index (χ3v) is 5.77. The van der Waals surface area contributed by atoms with Gasteiger partial charge in [0.05, 0.1) is 12.6 Å². The molecule has 26 heavy (non-hydrogen) atoms. The first-order valence-electron chi connectivity index (χ1n) is 8.19. The van der Waals surface area contributed by atoms with E-state index in [1.54, 1.807) is 0 Å². The van der Waals surface area contributed by atoms with Gasteiger partial charge >= 0.3 is 0 Å². The number of rotatable bonds is 5. The summed E-state index contributed by atoms with van der Waals surface area (Å²) in [4.78, 5) is 11.1. The van der Waals surface area contributed by atoms with Gasteiger partial charge in [0, 0.05) is 0 Å². The van der Waals surface area contributed by atoms with Crippen LogP contribution in [0.15, 0.2) is 47.4 Å². The molecule has 0 saturated heterocycles. The van der Waals surface area contributed by atoms with Crippen molar-refractivity contribution in [3.8, 4) is 0 Å². The van der Waals surface area contributed by atoms with Crippen molar-refractivity contribution in [1.29, 1.82) is 0 Å². The Labute approximate surface area is 150 Å². The molecule has 0 saturated carbocycles. The van der Waals surface area contributed by atoms with Crippen LogP contribution < -0.4 is 10.0 Å².